The van der Waals surface area contributed by atoms with Gasteiger partial charge in [0.05, 0.1) is 7.11 Å². The summed E-state index contributed by atoms with van der Waals surface area (Å²) in [6.45, 7) is 5.04. The van der Waals surface area contributed by atoms with Crippen molar-refractivity contribution >= 4 is 5.97 Å². The Hall–Kier alpha value is -1.59. The molecule has 0 radical (unpaired) electrons. The smallest absolute Gasteiger partial charge is 0.321 e. The fourth-order valence-corrected chi connectivity index (χ4v) is 2.01. The number of carbonyl (C=O) groups is 1. The maximum atomic E-state index is 10.7. The van der Waals surface area contributed by atoms with Gasteiger partial charge >= 0.3 is 5.97 Å². The lowest BCUT2D eigenvalue weighted by Crippen LogP contribution is -2.40. The van der Waals surface area contributed by atoms with Gasteiger partial charge in [-0.15, -0.1) is 0 Å². The van der Waals surface area contributed by atoms with E-state index in [1.807, 2.05) is 37.9 Å². The Morgan fingerprint density at radius 1 is 1.42 bits per heavy atom. The molecule has 19 heavy (non-hydrogen) atoms. The third-order valence-corrected chi connectivity index (χ3v) is 3.34. The molecule has 0 heterocycles. The molecular weight excluding hydrogens is 244 g/mol. The van der Waals surface area contributed by atoms with Crippen molar-refractivity contribution in [1.82, 2.24) is 4.90 Å². The molecule has 0 aliphatic carbocycles. The van der Waals surface area contributed by atoms with Crippen molar-refractivity contribution in [2.75, 3.05) is 20.7 Å². The van der Waals surface area contributed by atoms with Crippen LogP contribution in [-0.2, 0) is 11.3 Å². The topological polar surface area (TPSA) is 75.8 Å². The Morgan fingerprint density at radius 2 is 2.05 bits per heavy atom. The summed E-state index contributed by atoms with van der Waals surface area (Å²) in [6.07, 6.45) is 0. The lowest BCUT2D eigenvalue weighted by Gasteiger charge is -2.21. The first-order valence-corrected chi connectivity index (χ1v) is 6.16. The van der Waals surface area contributed by atoms with Crippen LogP contribution in [0.3, 0.4) is 0 Å². The van der Waals surface area contributed by atoms with Gasteiger partial charge in [-0.3, -0.25) is 9.69 Å². The monoisotopic (exact) mass is 266 g/mol. The normalized spacial score (nSPS) is 12.5. The number of ether oxygens (including phenoxy) is 1. The highest BCUT2D eigenvalue weighted by Gasteiger charge is 2.15. The summed E-state index contributed by atoms with van der Waals surface area (Å²) in [4.78, 5) is 12.6. The highest BCUT2D eigenvalue weighted by Crippen LogP contribution is 2.24. The third kappa shape index (κ3) is 3.94. The largest absolute Gasteiger partial charge is 0.496 e. The first-order chi connectivity index (χ1) is 8.86. The number of hydrogen-bond donors (Lipinski definition) is 2. The third-order valence-electron chi connectivity index (χ3n) is 3.34. The van der Waals surface area contributed by atoms with E-state index in [1.54, 1.807) is 7.11 Å². The summed E-state index contributed by atoms with van der Waals surface area (Å²) in [5.41, 5.74) is 8.94. The number of carboxylic acids is 1. The Morgan fingerprint density at radius 3 is 2.58 bits per heavy atom. The quantitative estimate of drug-likeness (QED) is 0.808. The summed E-state index contributed by atoms with van der Waals surface area (Å²) in [7, 11) is 3.52. The van der Waals surface area contributed by atoms with E-state index in [-0.39, 0.29) is 0 Å². The average Bonchev–Trinajstić information content (AvgIpc) is 2.35. The first-order valence-electron chi connectivity index (χ1n) is 6.16. The molecule has 5 heteroatoms. The van der Waals surface area contributed by atoms with E-state index >= 15 is 0 Å². The number of carboxylic acid groups (broad SMARTS) is 1. The zero-order chi connectivity index (χ0) is 14.6. The van der Waals surface area contributed by atoms with Crippen molar-refractivity contribution in [1.29, 1.82) is 0 Å². The van der Waals surface area contributed by atoms with Crippen LogP contribution in [0, 0.1) is 13.8 Å². The van der Waals surface area contributed by atoms with Crippen LogP contribution in [0.25, 0.3) is 0 Å². The van der Waals surface area contributed by atoms with Crippen molar-refractivity contribution in [3.05, 3.63) is 28.8 Å². The molecule has 1 unspecified atom stereocenters. The van der Waals surface area contributed by atoms with Crippen molar-refractivity contribution in [2.24, 2.45) is 5.73 Å². The molecule has 0 bridgehead atoms. The van der Waals surface area contributed by atoms with Gasteiger partial charge in [-0.05, 0) is 43.7 Å². The van der Waals surface area contributed by atoms with Crippen molar-refractivity contribution in [2.45, 2.75) is 26.4 Å². The fraction of sp³-hybridized carbons (Fsp3) is 0.500. The van der Waals surface area contributed by atoms with Crippen LogP contribution in [0.5, 0.6) is 5.75 Å². The zero-order valence-electron chi connectivity index (χ0n) is 11.9. The molecule has 0 aliphatic rings. The van der Waals surface area contributed by atoms with E-state index in [0.29, 0.717) is 13.1 Å². The highest BCUT2D eigenvalue weighted by molar-refractivity contribution is 5.73. The minimum Gasteiger partial charge on any atom is -0.496 e. The van der Waals surface area contributed by atoms with Crippen LogP contribution in [0.2, 0.25) is 0 Å². The van der Waals surface area contributed by atoms with Crippen molar-refractivity contribution in [3.8, 4) is 5.75 Å². The van der Waals surface area contributed by atoms with Gasteiger partial charge in [0, 0.05) is 13.1 Å². The first kappa shape index (κ1) is 15.5. The second-order valence-corrected chi connectivity index (χ2v) is 4.82. The molecule has 1 rings (SSSR count). The number of rotatable bonds is 6. The predicted octanol–water partition coefficient (Wildman–Crippen LogP) is 1.16. The van der Waals surface area contributed by atoms with Gasteiger partial charge in [0.2, 0.25) is 0 Å². The Bertz CT molecular complexity index is 460. The van der Waals surface area contributed by atoms with Gasteiger partial charge in [0.15, 0.2) is 0 Å². The number of likely N-dealkylation sites (N-methyl/N-ethyl adjacent to an activating group) is 1. The fourth-order valence-electron chi connectivity index (χ4n) is 2.01. The summed E-state index contributed by atoms with van der Waals surface area (Å²) in [5.74, 6) is -0.111. The minimum absolute atomic E-state index is 0.319. The van der Waals surface area contributed by atoms with Gasteiger partial charge in [-0.25, -0.2) is 0 Å². The van der Waals surface area contributed by atoms with E-state index in [0.717, 1.165) is 22.4 Å². The molecule has 3 N–H and O–H groups in total. The average molecular weight is 266 g/mol. The van der Waals surface area contributed by atoms with Crippen LogP contribution in [-0.4, -0.2) is 42.7 Å². The zero-order valence-corrected chi connectivity index (χ0v) is 11.9. The van der Waals surface area contributed by atoms with Crippen LogP contribution in [0.4, 0.5) is 0 Å². The van der Waals surface area contributed by atoms with Gasteiger partial charge in [0.1, 0.15) is 11.8 Å². The standard InChI is InChI=1S/C14H22N2O3/c1-9-10(2)13(19-4)6-5-11(9)7-16(3)8-12(15)14(17)18/h5-6,12H,7-8,15H2,1-4H3,(H,17,18). The number of aliphatic carboxylic acids is 1. The number of hydrogen-bond acceptors (Lipinski definition) is 4. The number of benzene rings is 1. The SMILES string of the molecule is COc1ccc(CN(C)CC(N)C(=O)O)c(C)c1C. The summed E-state index contributed by atoms with van der Waals surface area (Å²) in [6, 6.07) is 3.08. The maximum Gasteiger partial charge on any atom is 0.321 e. The van der Waals surface area contributed by atoms with Crippen molar-refractivity contribution in [3.63, 3.8) is 0 Å². The highest BCUT2D eigenvalue weighted by atomic mass is 16.5. The molecule has 0 aromatic heterocycles. The van der Waals surface area contributed by atoms with Gasteiger partial charge < -0.3 is 15.6 Å². The minimum atomic E-state index is -0.977. The number of methoxy groups -OCH3 is 1. The maximum absolute atomic E-state index is 10.7. The lowest BCUT2D eigenvalue weighted by molar-refractivity contribution is -0.138. The molecule has 1 atom stereocenters. The second kappa shape index (κ2) is 6.54. The molecule has 1 aromatic carbocycles. The summed E-state index contributed by atoms with van der Waals surface area (Å²) < 4.78 is 5.27. The number of nitrogens with two attached hydrogens (primary N) is 1. The van der Waals surface area contributed by atoms with Gasteiger partial charge in [-0.1, -0.05) is 6.07 Å². The Balaban J connectivity index is 2.77. The molecular formula is C14H22N2O3. The summed E-state index contributed by atoms with van der Waals surface area (Å²) >= 11 is 0. The molecule has 0 aliphatic heterocycles. The molecule has 1 aromatic rings. The van der Waals surface area contributed by atoms with Crippen LogP contribution >= 0.6 is 0 Å². The van der Waals surface area contributed by atoms with E-state index in [9.17, 15) is 4.79 Å². The molecule has 0 amide bonds. The van der Waals surface area contributed by atoms with E-state index in [4.69, 9.17) is 15.6 Å². The van der Waals surface area contributed by atoms with E-state index in [2.05, 4.69) is 0 Å². The number of nitrogens with zero attached hydrogens (tertiary/aromatic N) is 1. The Kier molecular flexibility index (Phi) is 5.32. The van der Waals surface area contributed by atoms with E-state index < -0.39 is 12.0 Å². The molecule has 5 nitrogen and oxygen atoms in total. The second-order valence-electron chi connectivity index (χ2n) is 4.82. The molecule has 0 saturated carbocycles. The lowest BCUT2D eigenvalue weighted by atomic mass is 10.0. The Labute approximate surface area is 114 Å². The van der Waals surface area contributed by atoms with E-state index in [1.165, 1.54) is 0 Å². The summed E-state index contributed by atoms with van der Waals surface area (Å²) in [5, 5.41) is 8.80. The predicted molar refractivity (Wildman–Crippen MR) is 74.4 cm³/mol. The van der Waals surface area contributed by atoms with Crippen LogP contribution in [0.1, 0.15) is 16.7 Å². The van der Waals surface area contributed by atoms with Crippen LogP contribution < -0.4 is 10.5 Å². The molecule has 106 valence electrons. The molecule has 0 fully saturated rings. The van der Waals surface area contributed by atoms with Crippen molar-refractivity contribution < 1.29 is 14.6 Å². The molecule has 0 spiro atoms. The van der Waals surface area contributed by atoms with Gasteiger partial charge in [-0.2, -0.15) is 0 Å². The molecule has 0 saturated heterocycles. The van der Waals surface area contributed by atoms with Crippen LogP contribution in [0.15, 0.2) is 12.1 Å². The van der Waals surface area contributed by atoms with Gasteiger partial charge in [0.25, 0.3) is 0 Å².